The normalized spacial score (nSPS) is 10.6. The summed E-state index contributed by atoms with van der Waals surface area (Å²) in [4.78, 5) is 4.21. The first kappa shape index (κ1) is 10.3. The molecule has 0 aliphatic rings. The van der Waals surface area contributed by atoms with Crippen LogP contribution in [0.15, 0.2) is 53.4 Å². The number of halogens is 1. The van der Waals surface area contributed by atoms with Crippen molar-refractivity contribution in [3.05, 3.63) is 53.4 Å². The average Bonchev–Trinajstić information content (AvgIpc) is 2.78. The Labute approximate surface area is 106 Å². The molecule has 0 saturated heterocycles. The van der Waals surface area contributed by atoms with Gasteiger partial charge in [-0.15, -0.1) is 0 Å². The fourth-order valence-electron chi connectivity index (χ4n) is 1.55. The maximum atomic E-state index is 5.73. The summed E-state index contributed by atoms with van der Waals surface area (Å²) in [5, 5.41) is 4.13. The fourth-order valence-corrected chi connectivity index (χ4v) is 1.93. The highest BCUT2D eigenvalue weighted by molar-refractivity contribution is 9.10. The molecule has 0 aliphatic carbocycles. The molecule has 2 heterocycles. The van der Waals surface area contributed by atoms with Gasteiger partial charge in [-0.2, -0.15) is 5.10 Å². The third-order valence-corrected chi connectivity index (χ3v) is 2.79. The number of ether oxygens (including phenoxy) is 1. The Hall–Kier alpha value is -1.88. The van der Waals surface area contributed by atoms with Crippen molar-refractivity contribution in [2.75, 3.05) is 0 Å². The summed E-state index contributed by atoms with van der Waals surface area (Å²) in [5.74, 6) is 1.28. The van der Waals surface area contributed by atoms with E-state index in [1.165, 1.54) is 0 Å². The molecule has 4 nitrogen and oxygen atoms in total. The molecule has 0 aliphatic heterocycles. The molecule has 0 amide bonds. The molecule has 84 valence electrons. The van der Waals surface area contributed by atoms with Crippen LogP contribution in [0.2, 0.25) is 0 Å². The lowest BCUT2D eigenvalue weighted by Crippen LogP contribution is -1.93. The quantitative estimate of drug-likeness (QED) is 0.727. The van der Waals surface area contributed by atoms with E-state index in [-0.39, 0.29) is 0 Å². The van der Waals surface area contributed by atoms with Crippen LogP contribution >= 0.6 is 15.9 Å². The molecule has 0 spiro atoms. The third kappa shape index (κ3) is 2.01. The van der Waals surface area contributed by atoms with E-state index in [0.717, 1.165) is 15.7 Å². The Balaban J connectivity index is 2.02. The van der Waals surface area contributed by atoms with Gasteiger partial charge in [0, 0.05) is 16.9 Å². The van der Waals surface area contributed by atoms with E-state index in [1.807, 2.05) is 30.3 Å². The van der Waals surface area contributed by atoms with Crippen LogP contribution in [-0.4, -0.2) is 14.6 Å². The maximum Gasteiger partial charge on any atom is 0.245 e. The highest BCUT2D eigenvalue weighted by Gasteiger charge is 2.05. The van der Waals surface area contributed by atoms with Crippen molar-refractivity contribution in [3.63, 3.8) is 0 Å². The predicted octanol–water partition coefficient (Wildman–Crippen LogP) is 3.28. The van der Waals surface area contributed by atoms with Crippen LogP contribution in [0.3, 0.4) is 0 Å². The van der Waals surface area contributed by atoms with E-state index < -0.39 is 0 Å². The minimum absolute atomic E-state index is 0.545. The van der Waals surface area contributed by atoms with Crippen molar-refractivity contribution in [2.45, 2.75) is 0 Å². The van der Waals surface area contributed by atoms with Crippen LogP contribution in [-0.2, 0) is 0 Å². The summed E-state index contributed by atoms with van der Waals surface area (Å²) in [6.07, 6.45) is 5.15. The van der Waals surface area contributed by atoms with Crippen molar-refractivity contribution in [2.24, 2.45) is 0 Å². The van der Waals surface area contributed by atoms with Gasteiger partial charge in [-0.05, 0) is 24.3 Å². The van der Waals surface area contributed by atoms with Gasteiger partial charge in [0.25, 0.3) is 0 Å². The molecule has 17 heavy (non-hydrogen) atoms. The second kappa shape index (κ2) is 4.18. The summed E-state index contributed by atoms with van der Waals surface area (Å²) in [6.45, 7) is 0. The van der Waals surface area contributed by atoms with E-state index in [9.17, 15) is 0 Å². The van der Waals surface area contributed by atoms with Gasteiger partial charge in [-0.25, -0.2) is 9.50 Å². The van der Waals surface area contributed by atoms with Gasteiger partial charge in [0.15, 0.2) is 0 Å². The van der Waals surface area contributed by atoms with Gasteiger partial charge in [-0.1, -0.05) is 22.0 Å². The largest absolute Gasteiger partial charge is 0.437 e. The van der Waals surface area contributed by atoms with E-state index in [4.69, 9.17) is 4.74 Å². The highest BCUT2D eigenvalue weighted by atomic mass is 79.9. The van der Waals surface area contributed by atoms with Gasteiger partial charge < -0.3 is 4.74 Å². The van der Waals surface area contributed by atoms with Crippen LogP contribution in [0.1, 0.15) is 0 Å². The predicted molar refractivity (Wildman–Crippen MR) is 67.2 cm³/mol. The van der Waals surface area contributed by atoms with E-state index in [1.54, 1.807) is 23.1 Å². The van der Waals surface area contributed by atoms with Crippen molar-refractivity contribution in [1.82, 2.24) is 14.6 Å². The van der Waals surface area contributed by atoms with Crippen LogP contribution in [0, 0.1) is 0 Å². The van der Waals surface area contributed by atoms with Gasteiger partial charge >= 0.3 is 0 Å². The first-order chi connectivity index (χ1) is 8.33. The summed E-state index contributed by atoms with van der Waals surface area (Å²) in [5.41, 5.74) is 0.840. The zero-order valence-corrected chi connectivity index (χ0v) is 10.3. The number of nitrogens with zero attached hydrogens (tertiary/aromatic N) is 3. The fraction of sp³-hybridized carbons (Fsp3) is 0. The van der Waals surface area contributed by atoms with Gasteiger partial charge in [0.05, 0.1) is 6.20 Å². The standard InChI is InChI=1S/C12H8BrN3O/c13-9-2-1-3-10(8-9)17-12-11-4-5-15-16(11)7-6-14-12/h1-8H. The monoisotopic (exact) mass is 289 g/mol. The Morgan fingerprint density at radius 2 is 2.12 bits per heavy atom. The molecule has 0 atom stereocenters. The second-order valence-corrected chi connectivity index (χ2v) is 4.37. The lowest BCUT2D eigenvalue weighted by atomic mass is 10.3. The maximum absolute atomic E-state index is 5.73. The Kier molecular flexibility index (Phi) is 2.53. The molecule has 3 aromatic rings. The van der Waals surface area contributed by atoms with E-state index >= 15 is 0 Å². The van der Waals surface area contributed by atoms with Crippen LogP contribution < -0.4 is 4.74 Å². The minimum atomic E-state index is 0.545. The van der Waals surface area contributed by atoms with Crippen LogP contribution in [0.4, 0.5) is 0 Å². The number of rotatable bonds is 2. The lowest BCUT2D eigenvalue weighted by Gasteiger charge is -2.05. The summed E-state index contributed by atoms with van der Waals surface area (Å²) in [7, 11) is 0. The molecule has 0 radical (unpaired) electrons. The molecule has 1 aromatic carbocycles. The first-order valence-electron chi connectivity index (χ1n) is 5.05. The molecular weight excluding hydrogens is 282 g/mol. The molecule has 0 N–H and O–H groups in total. The zero-order chi connectivity index (χ0) is 11.7. The van der Waals surface area contributed by atoms with Crippen molar-refractivity contribution in [3.8, 4) is 11.6 Å². The Bertz CT molecular complexity index is 665. The number of hydrogen-bond donors (Lipinski definition) is 0. The second-order valence-electron chi connectivity index (χ2n) is 3.45. The number of fused-ring (bicyclic) bond motifs is 1. The van der Waals surface area contributed by atoms with E-state index in [2.05, 4.69) is 26.0 Å². The third-order valence-electron chi connectivity index (χ3n) is 2.30. The SMILES string of the molecule is Brc1cccc(Oc2nccn3nccc23)c1. The smallest absolute Gasteiger partial charge is 0.245 e. The molecule has 0 fully saturated rings. The lowest BCUT2D eigenvalue weighted by molar-refractivity contribution is 0.465. The van der Waals surface area contributed by atoms with Crippen molar-refractivity contribution < 1.29 is 4.74 Å². The van der Waals surface area contributed by atoms with E-state index in [0.29, 0.717) is 5.88 Å². The molecule has 0 saturated carbocycles. The first-order valence-corrected chi connectivity index (χ1v) is 5.84. The van der Waals surface area contributed by atoms with Crippen LogP contribution in [0.25, 0.3) is 5.52 Å². The van der Waals surface area contributed by atoms with Crippen LogP contribution in [0.5, 0.6) is 11.6 Å². The van der Waals surface area contributed by atoms with Crippen molar-refractivity contribution >= 4 is 21.4 Å². The molecule has 0 unspecified atom stereocenters. The number of benzene rings is 1. The molecule has 0 bridgehead atoms. The van der Waals surface area contributed by atoms with Gasteiger partial charge in [0.2, 0.25) is 5.88 Å². The highest BCUT2D eigenvalue weighted by Crippen LogP contribution is 2.25. The Morgan fingerprint density at radius 3 is 3.00 bits per heavy atom. The van der Waals surface area contributed by atoms with Gasteiger partial charge in [0.1, 0.15) is 11.3 Å². The number of aromatic nitrogens is 3. The summed E-state index contributed by atoms with van der Waals surface area (Å²) in [6, 6.07) is 9.49. The topological polar surface area (TPSA) is 39.4 Å². The number of hydrogen-bond acceptors (Lipinski definition) is 3. The molecule has 3 rings (SSSR count). The summed E-state index contributed by atoms with van der Waals surface area (Å²) >= 11 is 3.40. The zero-order valence-electron chi connectivity index (χ0n) is 8.75. The summed E-state index contributed by atoms with van der Waals surface area (Å²) < 4.78 is 8.42. The average molecular weight is 290 g/mol. The molecular formula is C12H8BrN3O. The van der Waals surface area contributed by atoms with Crippen molar-refractivity contribution in [1.29, 1.82) is 0 Å². The molecule has 5 heteroatoms. The molecule has 2 aromatic heterocycles. The minimum Gasteiger partial charge on any atom is -0.437 e. The Morgan fingerprint density at radius 1 is 1.18 bits per heavy atom. The van der Waals surface area contributed by atoms with Gasteiger partial charge in [-0.3, -0.25) is 0 Å².